The van der Waals surface area contributed by atoms with Gasteiger partial charge in [0.15, 0.2) is 0 Å². The summed E-state index contributed by atoms with van der Waals surface area (Å²) < 4.78 is 5.77. The molecule has 6 heteroatoms. The largest absolute Gasteiger partial charge is 0.507 e. The van der Waals surface area contributed by atoms with Crippen LogP contribution in [-0.2, 0) is 6.42 Å². The van der Waals surface area contributed by atoms with Gasteiger partial charge >= 0.3 is 0 Å². The summed E-state index contributed by atoms with van der Waals surface area (Å²) in [5.41, 5.74) is 5.61. The van der Waals surface area contributed by atoms with Gasteiger partial charge in [-0.15, -0.1) is 0 Å². The third kappa shape index (κ3) is 5.27. The number of nitrogens with zero attached hydrogens (tertiary/aromatic N) is 2. The van der Waals surface area contributed by atoms with Gasteiger partial charge in [0, 0.05) is 30.4 Å². The summed E-state index contributed by atoms with van der Waals surface area (Å²) in [5, 5.41) is 13.9. The summed E-state index contributed by atoms with van der Waals surface area (Å²) in [6.07, 6.45) is 4.43. The zero-order valence-corrected chi connectivity index (χ0v) is 18.6. The number of aryl methyl sites for hydroxylation is 1. The number of hydrogen-bond donors (Lipinski definition) is 3. The van der Waals surface area contributed by atoms with Crippen molar-refractivity contribution in [1.29, 1.82) is 0 Å². The van der Waals surface area contributed by atoms with E-state index < -0.39 is 0 Å². The molecule has 0 saturated carbocycles. The van der Waals surface area contributed by atoms with E-state index in [-0.39, 0.29) is 11.9 Å². The number of aromatic nitrogens is 3. The van der Waals surface area contributed by atoms with Gasteiger partial charge in [0.05, 0.1) is 18.1 Å². The minimum atomic E-state index is 0.128. The summed E-state index contributed by atoms with van der Waals surface area (Å²) in [6.45, 7) is 6.74. The number of imidazole rings is 1. The number of anilines is 1. The number of rotatable bonds is 8. The van der Waals surface area contributed by atoms with Crippen molar-refractivity contribution >= 4 is 5.82 Å². The Balaban J connectivity index is 1.67. The van der Waals surface area contributed by atoms with Crippen molar-refractivity contribution in [2.24, 2.45) is 0 Å². The van der Waals surface area contributed by atoms with Crippen LogP contribution in [0, 0.1) is 6.92 Å². The molecule has 2 heterocycles. The monoisotopic (exact) mass is 428 g/mol. The minimum absolute atomic E-state index is 0.128. The quantitative estimate of drug-likeness (QED) is 0.340. The van der Waals surface area contributed by atoms with E-state index in [4.69, 9.17) is 9.72 Å². The highest BCUT2D eigenvalue weighted by Crippen LogP contribution is 2.33. The van der Waals surface area contributed by atoms with E-state index in [1.807, 2.05) is 75.5 Å². The van der Waals surface area contributed by atoms with Gasteiger partial charge in [-0.1, -0.05) is 23.8 Å². The second kappa shape index (κ2) is 9.56. The number of hydrogen-bond acceptors (Lipinski definition) is 5. The van der Waals surface area contributed by atoms with Crippen molar-refractivity contribution in [3.63, 3.8) is 0 Å². The fourth-order valence-corrected chi connectivity index (χ4v) is 3.53. The molecule has 0 atom stereocenters. The molecule has 0 radical (unpaired) electrons. The van der Waals surface area contributed by atoms with Crippen LogP contribution >= 0.6 is 0 Å². The average molecular weight is 429 g/mol. The van der Waals surface area contributed by atoms with E-state index in [0.717, 1.165) is 46.1 Å². The molecule has 2 aromatic heterocycles. The van der Waals surface area contributed by atoms with Crippen molar-refractivity contribution < 1.29 is 9.84 Å². The van der Waals surface area contributed by atoms with Gasteiger partial charge in [0.25, 0.3) is 0 Å². The van der Waals surface area contributed by atoms with Gasteiger partial charge in [-0.05, 0) is 68.3 Å². The number of aromatic hydroxyl groups is 1. The fourth-order valence-electron chi connectivity index (χ4n) is 3.53. The van der Waals surface area contributed by atoms with Crippen molar-refractivity contribution in [3.05, 3.63) is 78.4 Å². The lowest BCUT2D eigenvalue weighted by Gasteiger charge is -2.13. The summed E-state index contributed by atoms with van der Waals surface area (Å²) >= 11 is 0. The number of aromatic amines is 1. The van der Waals surface area contributed by atoms with E-state index in [1.54, 1.807) is 12.4 Å². The molecule has 4 aromatic rings. The predicted molar refractivity (Wildman–Crippen MR) is 128 cm³/mol. The molecule has 0 aliphatic rings. The zero-order valence-electron chi connectivity index (χ0n) is 18.6. The number of nitrogens with one attached hydrogen (secondary N) is 2. The highest BCUT2D eigenvalue weighted by molar-refractivity contribution is 5.76. The Kier molecular flexibility index (Phi) is 6.40. The first-order chi connectivity index (χ1) is 15.5. The summed E-state index contributed by atoms with van der Waals surface area (Å²) in [4.78, 5) is 12.0. The van der Waals surface area contributed by atoms with Gasteiger partial charge < -0.3 is 20.1 Å². The highest BCUT2D eigenvalue weighted by Gasteiger charge is 2.11. The van der Waals surface area contributed by atoms with Crippen LogP contribution in [0.2, 0.25) is 0 Å². The summed E-state index contributed by atoms with van der Waals surface area (Å²) in [7, 11) is 0. The maximum atomic E-state index is 10.5. The van der Waals surface area contributed by atoms with E-state index in [9.17, 15) is 5.11 Å². The Morgan fingerprint density at radius 3 is 2.56 bits per heavy atom. The van der Waals surface area contributed by atoms with Crippen LogP contribution in [0.25, 0.3) is 22.4 Å². The SMILES string of the molecule is Cc1ccc(O)c(-c2cc(-c3ccc(OC(C)C)cc3)cc(NCCc3cnc[nH]3)n2)c1. The third-order valence-corrected chi connectivity index (χ3v) is 5.07. The maximum Gasteiger partial charge on any atom is 0.127 e. The van der Waals surface area contributed by atoms with Crippen LogP contribution in [0.4, 0.5) is 5.82 Å². The predicted octanol–water partition coefficient (Wildman–Crippen LogP) is 5.59. The van der Waals surface area contributed by atoms with Gasteiger partial charge in [0.2, 0.25) is 0 Å². The maximum absolute atomic E-state index is 10.5. The number of pyridine rings is 1. The van der Waals surface area contributed by atoms with Crippen LogP contribution in [0.5, 0.6) is 11.5 Å². The van der Waals surface area contributed by atoms with Gasteiger partial charge in [0.1, 0.15) is 17.3 Å². The van der Waals surface area contributed by atoms with E-state index in [2.05, 4.69) is 15.3 Å². The summed E-state index contributed by atoms with van der Waals surface area (Å²) in [6, 6.07) is 17.6. The van der Waals surface area contributed by atoms with E-state index in [1.165, 1.54) is 0 Å². The minimum Gasteiger partial charge on any atom is -0.507 e. The van der Waals surface area contributed by atoms with Crippen molar-refractivity contribution in [2.75, 3.05) is 11.9 Å². The number of ether oxygens (including phenoxy) is 1. The first-order valence-electron chi connectivity index (χ1n) is 10.8. The Labute approximate surface area is 188 Å². The molecule has 164 valence electrons. The first-order valence-corrected chi connectivity index (χ1v) is 10.8. The molecule has 4 rings (SSSR count). The second-order valence-electron chi connectivity index (χ2n) is 8.09. The normalized spacial score (nSPS) is 11.0. The molecular weight excluding hydrogens is 400 g/mol. The van der Waals surface area contributed by atoms with Crippen molar-refractivity contribution in [2.45, 2.75) is 33.3 Å². The lowest BCUT2D eigenvalue weighted by molar-refractivity contribution is 0.242. The fraction of sp³-hybridized carbons (Fsp3) is 0.231. The molecule has 0 spiro atoms. The Bertz CT molecular complexity index is 1170. The molecule has 0 bridgehead atoms. The third-order valence-electron chi connectivity index (χ3n) is 5.07. The molecule has 2 aromatic carbocycles. The highest BCUT2D eigenvalue weighted by atomic mass is 16.5. The van der Waals surface area contributed by atoms with E-state index >= 15 is 0 Å². The van der Waals surface area contributed by atoms with Gasteiger partial charge in [-0.25, -0.2) is 9.97 Å². The molecule has 3 N–H and O–H groups in total. The molecule has 6 nitrogen and oxygen atoms in total. The second-order valence-corrected chi connectivity index (χ2v) is 8.09. The number of benzene rings is 2. The summed E-state index contributed by atoms with van der Waals surface area (Å²) in [5.74, 6) is 1.80. The van der Waals surface area contributed by atoms with Gasteiger partial charge in [-0.2, -0.15) is 0 Å². The van der Waals surface area contributed by atoms with Crippen molar-refractivity contribution in [3.8, 4) is 33.9 Å². The smallest absolute Gasteiger partial charge is 0.127 e. The van der Waals surface area contributed by atoms with Crippen LogP contribution in [-0.4, -0.2) is 32.7 Å². The van der Waals surface area contributed by atoms with Crippen LogP contribution in [0.1, 0.15) is 25.1 Å². The zero-order chi connectivity index (χ0) is 22.5. The topological polar surface area (TPSA) is 83.1 Å². The molecule has 0 aliphatic heterocycles. The molecule has 0 amide bonds. The molecule has 0 saturated heterocycles. The molecule has 32 heavy (non-hydrogen) atoms. The molecular formula is C26H28N4O2. The molecule has 0 unspecified atom stereocenters. The first kappa shape index (κ1) is 21.4. The molecule has 0 aliphatic carbocycles. The van der Waals surface area contributed by atoms with Crippen LogP contribution < -0.4 is 10.1 Å². The number of phenolic OH excluding ortho intramolecular Hbond substituents is 1. The van der Waals surface area contributed by atoms with Crippen molar-refractivity contribution in [1.82, 2.24) is 15.0 Å². The van der Waals surface area contributed by atoms with Gasteiger partial charge in [-0.3, -0.25) is 0 Å². The van der Waals surface area contributed by atoms with Crippen LogP contribution in [0.3, 0.4) is 0 Å². The number of phenols is 1. The van der Waals surface area contributed by atoms with Crippen LogP contribution in [0.15, 0.2) is 67.1 Å². The standard InChI is InChI=1S/C26H28N4O2/c1-17(2)32-22-7-5-19(6-8-22)20-13-24(23-12-18(3)4-9-25(23)31)30-26(14-20)28-11-10-21-15-27-16-29-21/h4-9,12-17,31H,10-11H2,1-3H3,(H,27,29)(H,28,30). The Hall–Kier alpha value is -3.80. The molecule has 0 fully saturated rings. The van der Waals surface area contributed by atoms with E-state index in [0.29, 0.717) is 12.1 Å². The lowest BCUT2D eigenvalue weighted by atomic mass is 10.0. The average Bonchev–Trinajstić information content (AvgIpc) is 3.29. The lowest BCUT2D eigenvalue weighted by Crippen LogP contribution is -2.07. The Morgan fingerprint density at radius 1 is 1.03 bits per heavy atom. The Morgan fingerprint density at radius 2 is 1.84 bits per heavy atom. The number of H-pyrrole nitrogens is 1.